The number of hydrogen-bond acceptors (Lipinski definition) is 1. The first-order chi connectivity index (χ1) is 9.07. The molecule has 1 unspecified atom stereocenters. The second-order valence-electron chi connectivity index (χ2n) is 6.63. The van der Waals surface area contributed by atoms with Crippen LogP contribution in [0.25, 0.3) is 0 Å². The lowest BCUT2D eigenvalue weighted by Crippen LogP contribution is -2.36. The highest BCUT2D eigenvalue weighted by molar-refractivity contribution is 5.85. The third kappa shape index (κ3) is 3.77. The van der Waals surface area contributed by atoms with Crippen LogP contribution in [0.4, 0.5) is 0 Å². The van der Waals surface area contributed by atoms with Crippen LogP contribution in [0.3, 0.4) is 0 Å². The van der Waals surface area contributed by atoms with Gasteiger partial charge in [0.15, 0.2) is 0 Å². The molecule has 0 aliphatic heterocycles. The van der Waals surface area contributed by atoms with Gasteiger partial charge >= 0.3 is 0 Å². The van der Waals surface area contributed by atoms with E-state index in [2.05, 4.69) is 51.3 Å². The number of nitrogens with one attached hydrogen (secondary N) is 1. The van der Waals surface area contributed by atoms with Gasteiger partial charge in [-0.3, -0.25) is 0 Å². The molecule has 1 atom stereocenters. The number of hydrogen-bond donors (Lipinski definition) is 1. The van der Waals surface area contributed by atoms with Gasteiger partial charge in [0.1, 0.15) is 0 Å². The highest BCUT2D eigenvalue weighted by Gasteiger charge is 2.39. The Bertz CT molecular complexity index is 423. The molecule has 0 amide bonds. The molecule has 1 aromatic rings. The quantitative estimate of drug-likeness (QED) is 0.796. The van der Waals surface area contributed by atoms with E-state index >= 15 is 0 Å². The van der Waals surface area contributed by atoms with Gasteiger partial charge in [-0.05, 0) is 81.1 Å². The first kappa shape index (κ1) is 17.5. The van der Waals surface area contributed by atoms with Crippen LogP contribution in [0.15, 0.2) is 18.2 Å². The maximum atomic E-state index is 3.28. The van der Waals surface area contributed by atoms with E-state index in [1.165, 1.54) is 43.2 Å². The van der Waals surface area contributed by atoms with Crippen molar-refractivity contribution < 1.29 is 0 Å². The highest BCUT2D eigenvalue weighted by atomic mass is 35.5. The van der Waals surface area contributed by atoms with Crippen molar-refractivity contribution >= 4 is 12.4 Å². The SMILES string of the molecule is CNCCC(C)CC1(c2ccc(C)c(C)c2)CCC1.Cl. The monoisotopic (exact) mass is 295 g/mol. The van der Waals surface area contributed by atoms with Gasteiger partial charge in [-0.1, -0.05) is 31.5 Å². The van der Waals surface area contributed by atoms with E-state index in [-0.39, 0.29) is 12.4 Å². The van der Waals surface area contributed by atoms with E-state index < -0.39 is 0 Å². The largest absolute Gasteiger partial charge is 0.320 e. The molecule has 0 heterocycles. The van der Waals surface area contributed by atoms with E-state index in [0.717, 1.165) is 12.5 Å². The minimum absolute atomic E-state index is 0. The second kappa shape index (κ2) is 7.47. The smallest absolute Gasteiger partial charge is 0.00443 e. The van der Waals surface area contributed by atoms with E-state index in [1.54, 1.807) is 5.56 Å². The molecule has 2 heteroatoms. The van der Waals surface area contributed by atoms with Crippen molar-refractivity contribution in [2.45, 2.75) is 58.3 Å². The van der Waals surface area contributed by atoms with Crippen LogP contribution in [0.1, 0.15) is 55.7 Å². The summed E-state index contributed by atoms with van der Waals surface area (Å²) >= 11 is 0. The lowest BCUT2D eigenvalue weighted by Gasteiger charge is -2.44. The second-order valence-corrected chi connectivity index (χ2v) is 6.63. The number of rotatable bonds is 6. The Labute approximate surface area is 131 Å². The van der Waals surface area contributed by atoms with Crippen molar-refractivity contribution in [1.29, 1.82) is 0 Å². The molecule has 1 nitrogen and oxygen atoms in total. The molecule has 0 aromatic heterocycles. The molecule has 1 aliphatic carbocycles. The molecule has 0 bridgehead atoms. The summed E-state index contributed by atoms with van der Waals surface area (Å²) in [5.74, 6) is 0.814. The van der Waals surface area contributed by atoms with Gasteiger partial charge in [0.2, 0.25) is 0 Å². The minimum atomic E-state index is 0. The van der Waals surface area contributed by atoms with Gasteiger partial charge in [-0.15, -0.1) is 12.4 Å². The van der Waals surface area contributed by atoms with Gasteiger partial charge in [-0.2, -0.15) is 0 Å². The standard InChI is InChI=1S/C18H29N.ClH/c1-14(8-11-19-4)13-18(9-5-10-18)17-7-6-15(2)16(3)12-17;/h6-7,12,14,19H,5,8-11,13H2,1-4H3;1H. The average Bonchev–Trinajstić information content (AvgIpc) is 2.35. The Morgan fingerprint density at radius 2 is 1.90 bits per heavy atom. The molecule has 20 heavy (non-hydrogen) atoms. The maximum absolute atomic E-state index is 3.28. The Morgan fingerprint density at radius 1 is 1.20 bits per heavy atom. The number of halogens is 1. The van der Waals surface area contributed by atoms with E-state index in [9.17, 15) is 0 Å². The van der Waals surface area contributed by atoms with Gasteiger partial charge in [0.25, 0.3) is 0 Å². The summed E-state index contributed by atoms with van der Waals surface area (Å²) in [4.78, 5) is 0. The van der Waals surface area contributed by atoms with Crippen molar-refractivity contribution in [3.05, 3.63) is 34.9 Å². The lowest BCUT2D eigenvalue weighted by molar-refractivity contribution is 0.190. The summed E-state index contributed by atoms with van der Waals surface area (Å²) in [5, 5.41) is 3.28. The van der Waals surface area contributed by atoms with E-state index in [4.69, 9.17) is 0 Å². The summed E-state index contributed by atoms with van der Waals surface area (Å²) in [6, 6.07) is 7.13. The fraction of sp³-hybridized carbons (Fsp3) is 0.667. The van der Waals surface area contributed by atoms with Crippen LogP contribution in [0, 0.1) is 19.8 Å². The molecule has 1 fully saturated rings. The van der Waals surface area contributed by atoms with E-state index in [1.807, 2.05) is 0 Å². The zero-order chi connectivity index (χ0) is 13.9. The molecule has 1 saturated carbocycles. The third-order valence-electron chi connectivity index (χ3n) is 5.06. The number of benzene rings is 1. The summed E-state index contributed by atoms with van der Waals surface area (Å²) in [7, 11) is 2.05. The molecular formula is C18H30ClN. The third-order valence-corrected chi connectivity index (χ3v) is 5.06. The lowest BCUT2D eigenvalue weighted by atomic mass is 9.60. The summed E-state index contributed by atoms with van der Waals surface area (Å²) in [5.41, 5.74) is 4.96. The fourth-order valence-electron chi connectivity index (χ4n) is 3.45. The zero-order valence-corrected chi connectivity index (χ0v) is 14.3. The van der Waals surface area contributed by atoms with E-state index in [0.29, 0.717) is 5.41 Å². The van der Waals surface area contributed by atoms with Crippen molar-refractivity contribution in [2.75, 3.05) is 13.6 Å². The highest BCUT2D eigenvalue weighted by Crippen LogP contribution is 2.48. The molecule has 114 valence electrons. The molecular weight excluding hydrogens is 266 g/mol. The van der Waals surface area contributed by atoms with Gasteiger partial charge < -0.3 is 5.32 Å². The normalized spacial score (nSPS) is 18.0. The van der Waals surface area contributed by atoms with Crippen LogP contribution >= 0.6 is 12.4 Å². The Balaban J connectivity index is 0.00000200. The Kier molecular flexibility index (Phi) is 6.54. The minimum Gasteiger partial charge on any atom is -0.320 e. The van der Waals surface area contributed by atoms with Crippen molar-refractivity contribution in [3.8, 4) is 0 Å². The molecule has 0 saturated heterocycles. The van der Waals surface area contributed by atoms with Crippen LogP contribution in [-0.4, -0.2) is 13.6 Å². The molecule has 1 aliphatic rings. The molecule has 2 rings (SSSR count). The molecule has 1 aromatic carbocycles. The zero-order valence-electron chi connectivity index (χ0n) is 13.5. The van der Waals surface area contributed by atoms with Crippen LogP contribution in [-0.2, 0) is 5.41 Å². The van der Waals surface area contributed by atoms with Gasteiger partial charge in [0, 0.05) is 0 Å². The molecule has 0 spiro atoms. The van der Waals surface area contributed by atoms with Gasteiger partial charge in [0.05, 0.1) is 0 Å². The van der Waals surface area contributed by atoms with Crippen LogP contribution < -0.4 is 5.32 Å². The first-order valence-electron chi connectivity index (χ1n) is 7.80. The average molecular weight is 296 g/mol. The Morgan fingerprint density at radius 3 is 2.40 bits per heavy atom. The molecule has 0 radical (unpaired) electrons. The molecule has 1 N–H and O–H groups in total. The predicted molar refractivity (Wildman–Crippen MR) is 91.0 cm³/mol. The summed E-state index contributed by atoms with van der Waals surface area (Å²) < 4.78 is 0. The van der Waals surface area contributed by atoms with Crippen molar-refractivity contribution in [1.82, 2.24) is 5.32 Å². The summed E-state index contributed by atoms with van der Waals surface area (Å²) in [6.07, 6.45) is 6.84. The fourth-order valence-corrected chi connectivity index (χ4v) is 3.45. The van der Waals surface area contributed by atoms with Crippen molar-refractivity contribution in [2.24, 2.45) is 5.92 Å². The summed E-state index contributed by atoms with van der Waals surface area (Å²) in [6.45, 7) is 8.01. The topological polar surface area (TPSA) is 12.0 Å². The van der Waals surface area contributed by atoms with Crippen molar-refractivity contribution in [3.63, 3.8) is 0 Å². The number of aryl methyl sites for hydroxylation is 2. The van der Waals surface area contributed by atoms with Gasteiger partial charge in [-0.25, -0.2) is 0 Å². The maximum Gasteiger partial charge on any atom is -0.00443 e. The van der Waals surface area contributed by atoms with Crippen LogP contribution in [0.5, 0.6) is 0 Å². The predicted octanol–water partition coefficient (Wildman–Crippen LogP) is 4.78. The van der Waals surface area contributed by atoms with Crippen LogP contribution in [0.2, 0.25) is 0 Å². The first-order valence-corrected chi connectivity index (χ1v) is 7.80. The Hall–Kier alpha value is -0.530.